The first-order valence-corrected chi connectivity index (χ1v) is 12.2. The molecular weight excluding hydrogens is 477 g/mol. The predicted molar refractivity (Wildman–Crippen MR) is 135 cm³/mol. The summed E-state index contributed by atoms with van der Waals surface area (Å²) in [6.07, 6.45) is 1.77. The van der Waals surface area contributed by atoms with E-state index in [1.807, 2.05) is 51.1 Å². The Morgan fingerprint density at radius 3 is 2.42 bits per heavy atom. The summed E-state index contributed by atoms with van der Waals surface area (Å²) in [5.41, 5.74) is 2.45. The Balaban J connectivity index is 1.98. The molecule has 1 aliphatic rings. The average molecular weight is 500 g/mol. The van der Waals surface area contributed by atoms with Crippen molar-refractivity contribution in [3.05, 3.63) is 101 Å². The first-order chi connectivity index (χ1) is 15.8. The number of hydrogen-bond acceptors (Lipinski definition) is 4. The number of benzene rings is 2. The largest absolute Gasteiger partial charge is 0.339 e. The summed E-state index contributed by atoms with van der Waals surface area (Å²) in [6.45, 7) is 6.83. The fourth-order valence-corrected chi connectivity index (χ4v) is 5.32. The minimum Gasteiger partial charge on any atom is -0.339 e. The van der Waals surface area contributed by atoms with Gasteiger partial charge in [-0.05, 0) is 56.2 Å². The summed E-state index contributed by atoms with van der Waals surface area (Å²) in [4.78, 5) is 34.1. The molecule has 2 aromatic carbocycles. The summed E-state index contributed by atoms with van der Waals surface area (Å²) < 4.78 is 2.12. The number of halogens is 2. The van der Waals surface area contributed by atoms with Crippen LogP contribution in [0.4, 0.5) is 0 Å². The molecule has 170 valence electrons. The third kappa shape index (κ3) is 4.43. The normalized spacial score (nSPS) is 15.9. The van der Waals surface area contributed by atoms with Gasteiger partial charge >= 0.3 is 0 Å². The molecule has 5 nitrogen and oxygen atoms in total. The molecular formula is C25H23Cl2N3O2S. The highest BCUT2D eigenvalue weighted by atomic mass is 35.5. The minimum atomic E-state index is -0.597. The van der Waals surface area contributed by atoms with Gasteiger partial charge in [-0.3, -0.25) is 14.2 Å². The molecule has 4 rings (SSSR count). The van der Waals surface area contributed by atoms with E-state index in [4.69, 9.17) is 23.2 Å². The van der Waals surface area contributed by atoms with Gasteiger partial charge in [0.05, 0.1) is 21.8 Å². The Bertz CT molecular complexity index is 1420. The second-order valence-corrected chi connectivity index (χ2v) is 9.49. The van der Waals surface area contributed by atoms with Crippen LogP contribution in [-0.2, 0) is 4.79 Å². The van der Waals surface area contributed by atoms with Gasteiger partial charge in [0.25, 0.3) is 11.5 Å². The number of amides is 1. The maximum atomic E-state index is 13.6. The van der Waals surface area contributed by atoms with Crippen LogP contribution in [0.1, 0.15) is 37.9 Å². The van der Waals surface area contributed by atoms with Crippen LogP contribution in [0.25, 0.3) is 6.08 Å². The van der Waals surface area contributed by atoms with Gasteiger partial charge in [-0.15, -0.1) is 0 Å². The molecule has 2 heterocycles. The highest BCUT2D eigenvalue weighted by Crippen LogP contribution is 2.31. The van der Waals surface area contributed by atoms with Gasteiger partial charge < -0.3 is 4.90 Å². The Morgan fingerprint density at radius 2 is 1.79 bits per heavy atom. The van der Waals surface area contributed by atoms with Crippen LogP contribution < -0.4 is 14.9 Å². The Kier molecular flexibility index (Phi) is 6.88. The van der Waals surface area contributed by atoms with E-state index in [2.05, 4.69) is 4.99 Å². The Labute approximate surface area is 205 Å². The molecule has 0 fully saturated rings. The smallest absolute Gasteiger partial charge is 0.271 e. The number of allylic oxidation sites excluding steroid dienone is 1. The first-order valence-electron chi connectivity index (χ1n) is 10.7. The van der Waals surface area contributed by atoms with Crippen LogP contribution in [0.3, 0.4) is 0 Å². The Morgan fingerprint density at radius 1 is 1.12 bits per heavy atom. The number of carbonyl (C=O) groups is 1. The van der Waals surface area contributed by atoms with E-state index in [-0.39, 0.29) is 11.5 Å². The SMILES string of the molecule is CCN(CC)C(=O)C1=C(C)N=c2s/c(=C/c3ccccc3Cl)c(=O)n2[C@@H]1c1ccc(Cl)cc1. The fourth-order valence-electron chi connectivity index (χ4n) is 3.97. The molecule has 8 heteroatoms. The number of rotatable bonds is 5. The first kappa shape index (κ1) is 23.5. The van der Waals surface area contributed by atoms with E-state index in [0.717, 1.165) is 11.1 Å². The van der Waals surface area contributed by atoms with Crippen molar-refractivity contribution in [3.63, 3.8) is 0 Å². The van der Waals surface area contributed by atoms with Crippen molar-refractivity contribution in [3.8, 4) is 0 Å². The third-order valence-corrected chi connectivity index (χ3v) is 7.26. The molecule has 0 aliphatic carbocycles. The molecule has 0 unspecified atom stereocenters. The maximum Gasteiger partial charge on any atom is 0.271 e. The molecule has 3 aromatic rings. The topological polar surface area (TPSA) is 54.7 Å². The summed E-state index contributed by atoms with van der Waals surface area (Å²) in [5.74, 6) is -0.124. The molecule has 1 atom stereocenters. The maximum absolute atomic E-state index is 13.6. The van der Waals surface area contributed by atoms with Crippen LogP contribution >= 0.6 is 34.5 Å². The predicted octanol–water partition coefficient (Wildman–Crippen LogP) is 4.41. The van der Waals surface area contributed by atoms with Crippen LogP contribution in [0.15, 0.2) is 69.6 Å². The van der Waals surface area contributed by atoms with E-state index in [0.29, 0.717) is 43.7 Å². The number of thiazole rings is 1. The van der Waals surface area contributed by atoms with E-state index >= 15 is 0 Å². The number of aromatic nitrogens is 1. The van der Waals surface area contributed by atoms with Gasteiger partial charge in [0.1, 0.15) is 0 Å². The van der Waals surface area contributed by atoms with Gasteiger partial charge in [-0.1, -0.05) is 64.9 Å². The van der Waals surface area contributed by atoms with Crippen molar-refractivity contribution in [1.29, 1.82) is 0 Å². The molecule has 1 amide bonds. The van der Waals surface area contributed by atoms with Crippen molar-refractivity contribution in [2.45, 2.75) is 26.8 Å². The zero-order valence-corrected chi connectivity index (χ0v) is 20.8. The number of fused-ring (bicyclic) bond motifs is 1. The van der Waals surface area contributed by atoms with Gasteiger partial charge in [-0.25, -0.2) is 4.99 Å². The highest BCUT2D eigenvalue weighted by Gasteiger charge is 2.34. The second kappa shape index (κ2) is 9.67. The minimum absolute atomic E-state index is 0.124. The second-order valence-electron chi connectivity index (χ2n) is 7.63. The third-order valence-electron chi connectivity index (χ3n) is 5.68. The van der Waals surface area contributed by atoms with Crippen molar-refractivity contribution in [2.75, 3.05) is 13.1 Å². The van der Waals surface area contributed by atoms with Crippen molar-refractivity contribution in [2.24, 2.45) is 4.99 Å². The Hall–Kier alpha value is -2.67. The number of likely N-dealkylation sites (N-methyl/N-ethyl adjacent to an activating group) is 1. The van der Waals surface area contributed by atoms with Crippen LogP contribution in [0.5, 0.6) is 0 Å². The molecule has 0 N–H and O–H groups in total. The van der Waals surface area contributed by atoms with Gasteiger partial charge in [-0.2, -0.15) is 0 Å². The summed E-state index contributed by atoms with van der Waals surface area (Å²) in [5, 5.41) is 1.15. The molecule has 0 spiro atoms. The van der Waals surface area contributed by atoms with Crippen molar-refractivity contribution < 1.29 is 4.79 Å². The van der Waals surface area contributed by atoms with Gasteiger partial charge in [0.15, 0.2) is 4.80 Å². The molecule has 0 radical (unpaired) electrons. The molecule has 0 saturated heterocycles. The summed E-state index contributed by atoms with van der Waals surface area (Å²) >= 11 is 13.7. The lowest BCUT2D eigenvalue weighted by Crippen LogP contribution is -2.43. The fraction of sp³-hybridized carbons (Fsp3) is 0.240. The lowest BCUT2D eigenvalue weighted by atomic mass is 9.94. The van der Waals surface area contributed by atoms with Gasteiger partial charge in [0, 0.05) is 23.1 Å². The molecule has 1 aromatic heterocycles. The summed E-state index contributed by atoms with van der Waals surface area (Å²) in [6, 6.07) is 14.0. The summed E-state index contributed by atoms with van der Waals surface area (Å²) in [7, 11) is 0. The lowest BCUT2D eigenvalue weighted by Gasteiger charge is -2.29. The van der Waals surface area contributed by atoms with Crippen LogP contribution in [-0.4, -0.2) is 28.5 Å². The number of carbonyl (C=O) groups excluding carboxylic acids is 1. The van der Waals surface area contributed by atoms with E-state index in [9.17, 15) is 9.59 Å². The average Bonchev–Trinajstić information content (AvgIpc) is 3.10. The zero-order chi connectivity index (χ0) is 23.7. The quantitative estimate of drug-likeness (QED) is 0.521. The standard InChI is InChI=1S/C25H23Cl2N3O2S/c1-4-29(5-2)24(32)21-15(3)28-25-30(22(21)16-10-12-18(26)13-11-16)23(31)20(33-25)14-17-8-6-7-9-19(17)27/h6-14,22H,4-5H2,1-3H3/b20-14+/t22-/m1/s1. The number of hydrogen-bond donors (Lipinski definition) is 0. The molecule has 0 saturated carbocycles. The lowest BCUT2D eigenvalue weighted by molar-refractivity contribution is -0.127. The molecule has 0 bridgehead atoms. The molecule has 1 aliphatic heterocycles. The van der Waals surface area contributed by atoms with Crippen molar-refractivity contribution >= 4 is 46.5 Å². The van der Waals surface area contributed by atoms with Crippen LogP contribution in [0, 0.1) is 0 Å². The highest BCUT2D eigenvalue weighted by molar-refractivity contribution is 7.07. The van der Waals surface area contributed by atoms with E-state index in [1.54, 1.807) is 33.7 Å². The monoisotopic (exact) mass is 499 g/mol. The van der Waals surface area contributed by atoms with E-state index < -0.39 is 6.04 Å². The zero-order valence-electron chi connectivity index (χ0n) is 18.5. The number of nitrogens with zero attached hydrogens (tertiary/aromatic N) is 3. The van der Waals surface area contributed by atoms with Crippen LogP contribution in [0.2, 0.25) is 10.0 Å². The van der Waals surface area contributed by atoms with Gasteiger partial charge in [0.2, 0.25) is 0 Å². The van der Waals surface area contributed by atoms with Crippen molar-refractivity contribution in [1.82, 2.24) is 9.47 Å². The van der Waals surface area contributed by atoms with E-state index in [1.165, 1.54) is 11.3 Å². The molecule has 33 heavy (non-hydrogen) atoms.